The fourth-order valence-electron chi connectivity index (χ4n) is 1.96. The van der Waals surface area contributed by atoms with Gasteiger partial charge in [0.05, 0.1) is 6.54 Å². The maximum Gasteiger partial charge on any atom is 0.191 e. The van der Waals surface area contributed by atoms with Crippen LogP contribution in [0.25, 0.3) is 0 Å². The van der Waals surface area contributed by atoms with Gasteiger partial charge in [-0.05, 0) is 27.3 Å². The number of hydrogen-bond donors (Lipinski definition) is 2. The largest absolute Gasteiger partial charge is 0.355 e. The fourth-order valence-corrected chi connectivity index (χ4v) is 2.69. The summed E-state index contributed by atoms with van der Waals surface area (Å²) in [5, 5.41) is 7.71. The minimum atomic E-state index is 0.579. The first kappa shape index (κ1) is 16.9. The summed E-state index contributed by atoms with van der Waals surface area (Å²) in [5.41, 5.74) is 0. The number of hydrogen-bond acceptors (Lipinski definition) is 4. The number of thiazole rings is 1. The Kier molecular flexibility index (Phi) is 7.54. The number of nitrogens with one attached hydrogen (secondary N) is 2. The van der Waals surface area contributed by atoms with E-state index in [-0.39, 0.29) is 0 Å². The molecular weight excluding hydrogens is 270 g/mol. The molecule has 0 spiro atoms. The van der Waals surface area contributed by atoms with Crippen LogP contribution in [-0.2, 0) is 6.54 Å². The molecule has 1 aromatic heterocycles. The molecule has 0 radical (unpaired) electrons. The molecule has 0 unspecified atom stereocenters. The molecule has 114 valence electrons. The molecule has 5 nitrogen and oxygen atoms in total. The molecule has 0 amide bonds. The topological polar surface area (TPSA) is 52.5 Å². The van der Waals surface area contributed by atoms with Gasteiger partial charge >= 0.3 is 0 Å². The molecule has 0 aromatic carbocycles. The van der Waals surface area contributed by atoms with Crippen LogP contribution in [0, 0.1) is 6.92 Å². The summed E-state index contributed by atoms with van der Waals surface area (Å²) < 4.78 is 0. The van der Waals surface area contributed by atoms with Crippen molar-refractivity contribution in [2.24, 2.45) is 4.99 Å². The molecule has 0 bridgehead atoms. The Morgan fingerprint density at radius 2 is 2.20 bits per heavy atom. The van der Waals surface area contributed by atoms with Gasteiger partial charge in [-0.2, -0.15) is 0 Å². The molecule has 0 aliphatic rings. The predicted octanol–water partition coefficient (Wildman–Crippen LogP) is 1.85. The summed E-state index contributed by atoms with van der Waals surface area (Å²) in [6, 6.07) is 0.579. The molecule has 0 aliphatic carbocycles. The summed E-state index contributed by atoms with van der Waals surface area (Å²) in [4.78, 5) is 12.2. The van der Waals surface area contributed by atoms with Crippen molar-refractivity contribution in [3.8, 4) is 0 Å². The molecule has 0 atom stereocenters. The number of aromatic nitrogens is 1. The average Bonchev–Trinajstić information content (AvgIpc) is 2.83. The van der Waals surface area contributed by atoms with Gasteiger partial charge in [-0.25, -0.2) is 4.98 Å². The van der Waals surface area contributed by atoms with E-state index in [2.05, 4.69) is 53.2 Å². The van der Waals surface area contributed by atoms with E-state index in [9.17, 15) is 0 Å². The Bertz CT molecular complexity index is 413. The first-order chi connectivity index (χ1) is 9.56. The molecule has 0 fully saturated rings. The SMILES string of the molecule is CCN(CCNC(=NC)NCc1ncc(C)s1)C(C)C. The molecule has 20 heavy (non-hydrogen) atoms. The Morgan fingerprint density at radius 3 is 2.70 bits per heavy atom. The van der Waals surface area contributed by atoms with Crippen LogP contribution in [0.4, 0.5) is 0 Å². The number of guanidine groups is 1. The zero-order chi connectivity index (χ0) is 15.0. The van der Waals surface area contributed by atoms with Crippen molar-refractivity contribution in [3.63, 3.8) is 0 Å². The van der Waals surface area contributed by atoms with Crippen molar-refractivity contribution in [1.82, 2.24) is 20.5 Å². The highest BCUT2D eigenvalue weighted by atomic mass is 32.1. The third-order valence-corrected chi connectivity index (χ3v) is 4.04. The Labute approximate surface area is 126 Å². The second-order valence-electron chi connectivity index (χ2n) is 4.94. The van der Waals surface area contributed by atoms with Crippen molar-refractivity contribution in [2.45, 2.75) is 40.3 Å². The molecule has 0 saturated carbocycles. The maximum atomic E-state index is 4.33. The van der Waals surface area contributed by atoms with E-state index in [4.69, 9.17) is 0 Å². The molecule has 2 N–H and O–H groups in total. The standard InChI is InChI=1S/C14H27N5S/c1-6-19(11(2)3)8-7-16-14(15-5)18-10-13-17-9-12(4)20-13/h9,11H,6-8,10H2,1-5H3,(H2,15,16,18). The van der Waals surface area contributed by atoms with Crippen molar-refractivity contribution < 1.29 is 0 Å². The third-order valence-electron chi connectivity index (χ3n) is 3.13. The minimum absolute atomic E-state index is 0.579. The number of aliphatic imine (C=N–C) groups is 1. The van der Waals surface area contributed by atoms with Crippen LogP contribution < -0.4 is 10.6 Å². The summed E-state index contributed by atoms with van der Waals surface area (Å²) in [5.74, 6) is 0.831. The Morgan fingerprint density at radius 1 is 1.45 bits per heavy atom. The number of rotatable bonds is 7. The number of aryl methyl sites for hydroxylation is 1. The lowest BCUT2D eigenvalue weighted by Crippen LogP contribution is -2.42. The highest BCUT2D eigenvalue weighted by Gasteiger charge is 2.06. The summed E-state index contributed by atoms with van der Waals surface area (Å²) >= 11 is 1.71. The van der Waals surface area contributed by atoms with Gasteiger partial charge in [0.15, 0.2) is 5.96 Å². The lowest BCUT2D eigenvalue weighted by atomic mass is 10.3. The number of likely N-dealkylation sites (N-methyl/N-ethyl adjacent to an activating group) is 1. The van der Waals surface area contributed by atoms with Gasteiger partial charge in [-0.1, -0.05) is 6.92 Å². The first-order valence-corrected chi connectivity index (χ1v) is 7.98. The van der Waals surface area contributed by atoms with Gasteiger partial charge < -0.3 is 10.6 Å². The van der Waals surface area contributed by atoms with Crippen molar-refractivity contribution in [3.05, 3.63) is 16.1 Å². The van der Waals surface area contributed by atoms with Gasteiger partial charge in [0.1, 0.15) is 5.01 Å². The van der Waals surface area contributed by atoms with Crippen LogP contribution in [0.3, 0.4) is 0 Å². The number of nitrogens with zero attached hydrogens (tertiary/aromatic N) is 3. The van der Waals surface area contributed by atoms with E-state index in [1.807, 2.05) is 6.20 Å². The highest BCUT2D eigenvalue weighted by Crippen LogP contribution is 2.10. The van der Waals surface area contributed by atoms with Crippen LogP contribution in [0.5, 0.6) is 0 Å². The van der Waals surface area contributed by atoms with E-state index >= 15 is 0 Å². The Hall–Kier alpha value is -1.14. The normalized spacial score (nSPS) is 12.2. The van der Waals surface area contributed by atoms with E-state index in [0.717, 1.165) is 37.1 Å². The second kappa shape index (κ2) is 8.92. The maximum absolute atomic E-state index is 4.33. The molecule has 1 rings (SSSR count). The van der Waals surface area contributed by atoms with Gasteiger partial charge in [0, 0.05) is 37.3 Å². The second-order valence-corrected chi connectivity index (χ2v) is 6.26. The molecule has 1 aromatic rings. The summed E-state index contributed by atoms with van der Waals surface area (Å²) in [6.07, 6.45) is 1.90. The quantitative estimate of drug-likeness (QED) is 0.596. The molecular formula is C14H27N5S. The average molecular weight is 297 g/mol. The molecule has 0 saturated heterocycles. The van der Waals surface area contributed by atoms with Gasteiger partial charge in [0.2, 0.25) is 0 Å². The van der Waals surface area contributed by atoms with Crippen LogP contribution >= 0.6 is 11.3 Å². The van der Waals surface area contributed by atoms with Gasteiger partial charge in [-0.3, -0.25) is 9.89 Å². The van der Waals surface area contributed by atoms with E-state index in [1.54, 1.807) is 18.4 Å². The predicted molar refractivity (Wildman–Crippen MR) is 87.4 cm³/mol. The van der Waals surface area contributed by atoms with Crippen molar-refractivity contribution >= 4 is 17.3 Å². The Balaban J connectivity index is 2.30. The van der Waals surface area contributed by atoms with Crippen LogP contribution in [0.1, 0.15) is 30.7 Å². The van der Waals surface area contributed by atoms with Crippen LogP contribution in [0.2, 0.25) is 0 Å². The van der Waals surface area contributed by atoms with E-state index < -0.39 is 0 Å². The lowest BCUT2D eigenvalue weighted by Gasteiger charge is -2.25. The zero-order valence-electron chi connectivity index (χ0n) is 13.2. The monoisotopic (exact) mass is 297 g/mol. The smallest absolute Gasteiger partial charge is 0.191 e. The fraction of sp³-hybridized carbons (Fsp3) is 0.714. The van der Waals surface area contributed by atoms with Crippen molar-refractivity contribution in [1.29, 1.82) is 0 Å². The molecule has 0 aliphatic heterocycles. The highest BCUT2D eigenvalue weighted by molar-refractivity contribution is 7.11. The minimum Gasteiger partial charge on any atom is -0.355 e. The summed E-state index contributed by atoms with van der Waals surface area (Å²) in [7, 11) is 1.79. The van der Waals surface area contributed by atoms with Gasteiger partial charge in [-0.15, -0.1) is 11.3 Å². The first-order valence-electron chi connectivity index (χ1n) is 7.16. The van der Waals surface area contributed by atoms with Crippen LogP contribution in [-0.4, -0.2) is 48.6 Å². The summed E-state index contributed by atoms with van der Waals surface area (Å²) in [6.45, 7) is 12.4. The lowest BCUT2D eigenvalue weighted by molar-refractivity contribution is 0.237. The zero-order valence-corrected chi connectivity index (χ0v) is 14.0. The van der Waals surface area contributed by atoms with Crippen molar-refractivity contribution in [2.75, 3.05) is 26.7 Å². The molecule has 1 heterocycles. The van der Waals surface area contributed by atoms with Crippen LogP contribution in [0.15, 0.2) is 11.2 Å². The molecule has 6 heteroatoms. The van der Waals surface area contributed by atoms with Gasteiger partial charge in [0.25, 0.3) is 0 Å². The van der Waals surface area contributed by atoms with E-state index in [1.165, 1.54) is 4.88 Å². The van der Waals surface area contributed by atoms with E-state index in [0.29, 0.717) is 6.04 Å². The third kappa shape index (κ3) is 5.88.